The number of carbonyl (C=O) groups excluding carboxylic acids is 1. The Hall–Kier alpha value is -2.81. The van der Waals surface area contributed by atoms with Gasteiger partial charge in [-0.1, -0.05) is 12.1 Å². The van der Waals surface area contributed by atoms with E-state index in [4.69, 9.17) is 4.98 Å². The number of aryl methyl sites for hydroxylation is 1. The monoisotopic (exact) mass is 476 g/mol. The largest absolute Gasteiger partial charge is 0.326 e. The number of carbonyl (C=O) groups is 1. The summed E-state index contributed by atoms with van der Waals surface area (Å²) in [5.41, 5.74) is 3.54. The predicted octanol–water partition coefficient (Wildman–Crippen LogP) is 5.76. The summed E-state index contributed by atoms with van der Waals surface area (Å²) in [7, 11) is 0. The Balaban J connectivity index is 1.43. The van der Waals surface area contributed by atoms with E-state index in [1.807, 2.05) is 28.6 Å². The molecule has 0 spiro atoms. The maximum Gasteiger partial charge on any atom is 0.255 e. The van der Waals surface area contributed by atoms with Gasteiger partial charge in [-0.25, -0.2) is 9.67 Å². The van der Waals surface area contributed by atoms with Crippen LogP contribution < -0.4 is 0 Å². The summed E-state index contributed by atoms with van der Waals surface area (Å²) in [6, 6.07) is 12.4. The first-order valence-electron chi connectivity index (χ1n) is 10.5. The number of amides is 1. The summed E-state index contributed by atoms with van der Waals surface area (Å²) in [5.74, 6) is 0.0476. The molecule has 0 N–H and O–H groups in total. The van der Waals surface area contributed by atoms with Gasteiger partial charge >= 0.3 is 0 Å². The normalized spacial score (nSPS) is 15.9. The van der Waals surface area contributed by atoms with Crippen LogP contribution in [0.4, 0.5) is 0 Å². The molecule has 32 heavy (non-hydrogen) atoms. The Morgan fingerprint density at radius 3 is 2.81 bits per heavy atom. The van der Waals surface area contributed by atoms with Gasteiger partial charge in [0.1, 0.15) is 0 Å². The number of hydrogen-bond acceptors (Lipinski definition) is 6. The molecule has 0 saturated carbocycles. The molecule has 1 atom stereocenters. The third-order valence-electron chi connectivity index (χ3n) is 5.89. The topological polar surface area (TPSA) is 51.0 Å². The average Bonchev–Trinajstić information content (AvgIpc) is 3.60. The smallest absolute Gasteiger partial charge is 0.255 e. The number of aromatic nitrogens is 3. The second-order valence-electron chi connectivity index (χ2n) is 7.90. The van der Waals surface area contributed by atoms with E-state index in [2.05, 4.69) is 45.5 Å². The van der Waals surface area contributed by atoms with Crippen molar-refractivity contribution in [2.24, 2.45) is 0 Å². The van der Waals surface area contributed by atoms with Crippen LogP contribution in [-0.2, 0) is 13.0 Å². The molecule has 1 aliphatic heterocycles. The molecule has 5 aromatic rings. The van der Waals surface area contributed by atoms with E-state index in [1.54, 1.807) is 40.2 Å². The van der Waals surface area contributed by atoms with E-state index in [0.717, 1.165) is 23.1 Å². The fraction of sp³-hybridized carbons (Fsp3) is 0.208. The highest BCUT2D eigenvalue weighted by molar-refractivity contribution is 7.10. The molecule has 6 heterocycles. The molecule has 0 bridgehead atoms. The zero-order chi connectivity index (χ0) is 21.7. The van der Waals surface area contributed by atoms with Gasteiger partial charge in [0.2, 0.25) is 0 Å². The van der Waals surface area contributed by atoms with Crippen molar-refractivity contribution < 1.29 is 4.79 Å². The number of pyridine rings is 1. The Labute approximate surface area is 197 Å². The van der Waals surface area contributed by atoms with Gasteiger partial charge in [0.25, 0.3) is 5.91 Å². The zero-order valence-corrected chi connectivity index (χ0v) is 19.8. The first-order chi connectivity index (χ1) is 15.7. The van der Waals surface area contributed by atoms with Crippen LogP contribution in [-0.4, -0.2) is 32.1 Å². The molecule has 5 aromatic heterocycles. The Bertz CT molecular complexity index is 1400. The van der Waals surface area contributed by atoms with E-state index in [-0.39, 0.29) is 11.9 Å². The van der Waals surface area contributed by atoms with Gasteiger partial charge in [-0.15, -0.1) is 34.0 Å². The fourth-order valence-electron chi connectivity index (χ4n) is 4.46. The first kappa shape index (κ1) is 19.8. The highest BCUT2D eigenvalue weighted by Gasteiger charge is 2.34. The van der Waals surface area contributed by atoms with Crippen molar-refractivity contribution in [3.63, 3.8) is 0 Å². The van der Waals surface area contributed by atoms with Crippen LogP contribution in [0, 0.1) is 6.92 Å². The number of fused-ring (bicyclic) bond motifs is 2. The highest BCUT2D eigenvalue weighted by Crippen LogP contribution is 2.40. The van der Waals surface area contributed by atoms with E-state index >= 15 is 0 Å². The van der Waals surface area contributed by atoms with E-state index in [9.17, 15) is 4.79 Å². The minimum atomic E-state index is -0.0396. The summed E-state index contributed by atoms with van der Waals surface area (Å²) in [4.78, 5) is 24.6. The molecule has 160 valence electrons. The number of thiophene rings is 3. The van der Waals surface area contributed by atoms with E-state index in [0.29, 0.717) is 18.7 Å². The molecule has 5 nitrogen and oxygen atoms in total. The minimum Gasteiger partial charge on any atom is -0.326 e. The van der Waals surface area contributed by atoms with Crippen molar-refractivity contribution in [2.45, 2.75) is 25.9 Å². The molecule has 0 aliphatic carbocycles. The summed E-state index contributed by atoms with van der Waals surface area (Å²) in [6.45, 7) is 3.31. The van der Waals surface area contributed by atoms with Gasteiger partial charge in [-0.3, -0.25) is 4.79 Å². The lowest BCUT2D eigenvalue weighted by molar-refractivity contribution is 0.0700. The third kappa shape index (κ3) is 3.30. The molecular formula is C24H20N4OS3. The van der Waals surface area contributed by atoms with Crippen LogP contribution in [0.25, 0.3) is 11.0 Å². The van der Waals surface area contributed by atoms with Crippen molar-refractivity contribution in [2.75, 3.05) is 6.54 Å². The summed E-state index contributed by atoms with van der Waals surface area (Å²) in [5, 5.41) is 11.7. The SMILES string of the molecule is Cc1cc(C(=O)N2CCc3sccc3C2c2cccs2)c2cnn(Cc3cccs3)c2n1. The molecule has 6 rings (SSSR count). The molecule has 0 radical (unpaired) electrons. The van der Waals surface area contributed by atoms with E-state index < -0.39 is 0 Å². The Kier molecular flexibility index (Phi) is 4.93. The first-order valence-corrected chi connectivity index (χ1v) is 13.1. The highest BCUT2D eigenvalue weighted by atomic mass is 32.1. The van der Waals surface area contributed by atoms with Gasteiger partial charge in [0, 0.05) is 26.9 Å². The van der Waals surface area contributed by atoms with Gasteiger partial charge in [0.15, 0.2) is 5.65 Å². The fourth-order valence-corrected chi connectivity index (χ4v) is 6.90. The van der Waals surface area contributed by atoms with Crippen molar-refractivity contribution in [1.82, 2.24) is 19.7 Å². The standard InChI is InChI=1S/C24H20N4OS3/c1-15-12-18(19-13-25-28(23(19)26-15)14-16-4-2-9-30-16)24(29)27-8-6-20-17(7-11-32-20)22(27)21-5-3-10-31-21/h2-5,7,9-13,22H,6,8,14H2,1H3. The van der Waals surface area contributed by atoms with Crippen molar-refractivity contribution in [3.8, 4) is 0 Å². The van der Waals surface area contributed by atoms with Gasteiger partial charge in [-0.2, -0.15) is 5.10 Å². The molecule has 1 amide bonds. The molecule has 8 heteroatoms. The molecule has 0 saturated heterocycles. The summed E-state index contributed by atoms with van der Waals surface area (Å²) in [6.07, 6.45) is 2.69. The van der Waals surface area contributed by atoms with Crippen LogP contribution in [0.3, 0.4) is 0 Å². The van der Waals surface area contributed by atoms with Crippen molar-refractivity contribution in [1.29, 1.82) is 0 Å². The van der Waals surface area contributed by atoms with Crippen LogP contribution >= 0.6 is 34.0 Å². The second kappa shape index (κ2) is 7.95. The molecular weight excluding hydrogens is 456 g/mol. The van der Waals surface area contributed by atoms with Gasteiger partial charge in [-0.05, 0) is 59.3 Å². The second-order valence-corrected chi connectivity index (χ2v) is 10.9. The zero-order valence-electron chi connectivity index (χ0n) is 17.4. The van der Waals surface area contributed by atoms with Crippen molar-refractivity contribution in [3.05, 3.63) is 90.2 Å². The minimum absolute atomic E-state index is 0.0396. The predicted molar refractivity (Wildman–Crippen MR) is 131 cm³/mol. The van der Waals surface area contributed by atoms with Crippen LogP contribution in [0.5, 0.6) is 0 Å². The maximum absolute atomic E-state index is 14.0. The number of nitrogens with zero attached hydrogens (tertiary/aromatic N) is 4. The van der Waals surface area contributed by atoms with Crippen molar-refractivity contribution >= 4 is 51.0 Å². The van der Waals surface area contributed by atoms with E-state index in [1.165, 1.54) is 20.2 Å². The van der Waals surface area contributed by atoms with Crippen LogP contribution in [0.2, 0.25) is 0 Å². The molecule has 1 aliphatic rings. The van der Waals surface area contributed by atoms with Gasteiger partial charge in [0.05, 0.1) is 29.7 Å². The Morgan fingerprint density at radius 1 is 1.12 bits per heavy atom. The average molecular weight is 477 g/mol. The van der Waals surface area contributed by atoms with Gasteiger partial charge < -0.3 is 4.90 Å². The van der Waals surface area contributed by atoms with Crippen LogP contribution in [0.15, 0.2) is 58.7 Å². The summed E-state index contributed by atoms with van der Waals surface area (Å²) < 4.78 is 1.90. The quantitative estimate of drug-likeness (QED) is 0.331. The summed E-state index contributed by atoms with van der Waals surface area (Å²) >= 11 is 5.20. The molecule has 0 aromatic carbocycles. The lowest BCUT2D eigenvalue weighted by atomic mass is 9.97. The lowest BCUT2D eigenvalue weighted by Gasteiger charge is -2.35. The third-order valence-corrected chi connectivity index (χ3v) is 8.68. The number of rotatable bonds is 4. The molecule has 1 unspecified atom stereocenters. The molecule has 0 fully saturated rings. The van der Waals surface area contributed by atoms with Crippen LogP contribution in [0.1, 0.15) is 42.3 Å². The lowest BCUT2D eigenvalue weighted by Crippen LogP contribution is -2.39. The maximum atomic E-state index is 14.0. The Morgan fingerprint density at radius 2 is 2.00 bits per heavy atom. The number of hydrogen-bond donors (Lipinski definition) is 0.